The van der Waals surface area contributed by atoms with Gasteiger partial charge in [-0.25, -0.2) is 0 Å². The van der Waals surface area contributed by atoms with Crippen molar-refractivity contribution in [1.29, 1.82) is 0 Å². The van der Waals surface area contributed by atoms with E-state index in [4.69, 9.17) is 5.73 Å². The van der Waals surface area contributed by atoms with Crippen LogP contribution in [0.5, 0.6) is 0 Å². The van der Waals surface area contributed by atoms with Gasteiger partial charge in [0.15, 0.2) is 5.78 Å². The number of likely N-dealkylation sites (N-methyl/N-ethyl adjacent to an activating group) is 1. The van der Waals surface area contributed by atoms with Crippen LogP contribution < -0.4 is 5.73 Å². The first-order chi connectivity index (χ1) is 11.5. The van der Waals surface area contributed by atoms with Crippen LogP contribution in [0, 0.1) is 5.92 Å². The quantitative estimate of drug-likeness (QED) is 0.833. The molecule has 1 aliphatic heterocycles. The Bertz CT molecular complexity index is 733. The monoisotopic (exact) mass is 324 g/mol. The molecule has 24 heavy (non-hydrogen) atoms. The molecular formula is C19H20N2O3. The third kappa shape index (κ3) is 2.72. The third-order valence-corrected chi connectivity index (χ3v) is 4.64. The van der Waals surface area contributed by atoms with Gasteiger partial charge in [-0.05, 0) is 5.56 Å². The minimum Gasteiger partial charge on any atom is -0.388 e. The smallest absolute Gasteiger partial charge is 0.230 e. The molecule has 1 aliphatic rings. The minimum absolute atomic E-state index is 0.207. The van der Waals surface area contributed by atoms with Crippen LogP contribution in [-0.2, 0) is 4.79 Å². The molecule has 1 heterocycles. The minimum atomic E-state index is -1.04. The molecule has 2 aromatic carbocycles. The number of hydrogen-bond acceptors (Lipinski definition) is 4. The standard InChI is InChI=1S/C19H20N2O3/c1-21-16(18(23)13-10-6-3-7-11-13)15(20)14(19(21)24)17(22)12-8-4-2-5-9-12/h2-11,14-17,22H,20H2,1H3/t14-,15-,16-,17+/m1/s1. The topological polar surface area (TPSA) is 83.6 Å². The molecule has 1 fully saturated rings. The van der Waals surface area contributed by atoms with Gasteiger partial charge in [-0.3, -0.25) is 9.59 Å². The van der Waals surface area contributed by atoms with Crippen molar-refractivity contribution in [2.75, 3.05) is 7.05 Å². The maximum absolute atomic E-state index is 12.8. The summed E-state index contributed by atoms with van der Waals surface area (Å²) in [5.41, 5.74) is 7.36. The van der Waals surface area contributed by atoms with Crippen molar-refractivity contribution in [2.24, 2.45) is 11.7 Å². The van der Waals surface area contributed by atoms with E-state index in [0.29, 0.717) is 11.1 Å². The lowest BCUT2D eigenvalue weighted by molar-refractivity contribution is -0.133. The first kappa shape index (κ1) is 16.4. The lowest BCUT2D eigenvalue weighted by Crippen LogP contribution is -2.46. The van der Waals surface area contributed by atoms with Crippen LogP contribution in [0.3, 0.4) is 0 Å². The first-order valence-electron chi connectivity index (χ1n) is 7.87. The van der Waals surface area contributed by atoms with E-state index in [2.05, 4.69) is 0 Å². The van der Waals surface area contributed by atoms with E-state index in [9.17, 15) is 14.7 Å². The lowest BCUT2D eigenvalue weighted by atomic mass is 9.87. The highest BCUT2D eigenvalue weighted by Gasteiger charge is 2.51. The van der Waals surface area contributed by atoms with Crippen molar-refractivity contribution in [3.8, 4) is 0 Å². The second-order valence-corrected chi connectivity index (χ2v) is 6.08. The number of Topliss-reactive ketones (excluding diaryl/α,β-unsaturated/α-hetero) is 1. The molecule has 1 saturated heterocycles. The lowest BCUT2D eigenvalue weighted by Gasteiger charge is -2.23. The van der Waals surface area contributed by atoms with Crippen LogP contribution in [0.15, 0.2) is 60.7 Å². The molecule has 5 nitrogen and oxygen atoms in total. The maximum atomic E-state index is 12.8. The summed E-state index contributed by atoms with van der Waals surface area (Å²) in [6, 6.07) is 16.1. The number of ketones is 1. The van der Waals surface area contributed by atoms with Gasteiger partial charge in [0.1, 0.15) is 6.04 Å². The zero-order valence-electron chi connectivity index (χ0n) is 13.4. The molecule has 0 unspecified atom stereocenters. The van der Waals surface area contributed by atoms with Crippen molar-refractivity contribution < 1.29 is 14.7 Å². The number of aliphatic hydroxyl groups is 1. The number of rotatable bonds is 4. The van der Waals surface area contributed by atoms with Crippen LogP contribution in [0.4, 0.5) is 0 Å². The van der Waals surface area contributed by atoms with Gasteiger partial charge in [-0.2, -0.15) is 0 Å². The summed E-state index contributed by atoms with van der Waals surface area (Å²) in [6.45, 7) is 0. The SMILES string of the molecule is CN1C(=O)[C@@H]([C@@H](O)c2ccccc2)[C@@H](N)[C@@H]1C(=O)c1ccccc1. The van der Waals surface area contributed by atoms with Crippen molar-refractivity contribution in [3.63, 3.8) is 0 Å². The number of benzene rings is 2. The van der Waals surface area contributed by atoms with E-state index in [-0.39, 0.29) is 11.7 Å². The Balaban J connectivity index is 1.89. The van der Waals surface area contributed by atoms with Gasteiger partial charge >= 0.3 is 0 Å². The van der Waals surface area contributed by atoms with Gasteiger partial charge in [0.2, 0.25) is 5.91 Å². The Kier molecular flexibility index (Phi) is 4.46. The molecule has 3 N–H and O–H groups in total. The summed E-state index contributed by atoms with van der Waals surface area (Å²) in [6.07, 6.45) is -1.04. The predicted octanol–water partition coefficient (Wildman–Crippen LogP) is 1.39. The highest BCUT2D eigenvalue weighted by Crippen LogP contribution is 2.34. The second-order valence-electron chi connectivity index (χ2n) is 6.08. The second kappa shape index (κ2) is 6.55. The fourth-order valence-electron chi connectivity index (χ4n) is 3.32. The molecule has 4 atom stereocenters. The van der Waals surface area contributed by atoms with Crippen LogP contribution in [0.25, 0.3) is 0 Å². The molecule has 2 aromatic rings. The van der Waals surface area contributed by atoms with Crippen molar-refractivity contribution in [3.05, 3.63) is 71.8 Å². The van der Waals surface area contributed by atoms with Crippen LogP contribution in [0.1, 0.15) is 22.0 Å². The number of nitrogens with two attached hydrogens (primary N) is 1. The Morgan fingerprint density at radius 2 is 1.62 bits per heavy atom. The third-order valence-electron chi connectivity index (χ3n) is 4.64. The molecule has 124 valence electrons. The fraction of sp³-hybridized carbons (Fsp3) is 0.263. The van der Waals surface area contributed by atoms with Crippen molar-refractivity contribution in [1.82, 2.24) is 4.90 Å². The van der Waals surface area contributed by atoms with Crippen LogP contribution in [-0.4, -0.2) is 40.8 Å². The first-order valence-corrected chi connectivity index (χ1v) is 7.87. The average Bonchev–Trinajstić information content (AvgIpc) is 2.84. The Hall–Kier alpha value is -2.50. The number of aliphatic hydroxyl groups excluding tert-OH is 1. The zero-order valence-corrected chi connectivity index (χ0v) is 13.4. The van der Waals surface area contributed by atoms with E-state index in [1.54, 1.807) is 55.6 Å². The molecule has 0 bridgehead atoms. The van der Waals surface area contributed by atoms with Gasteiger partial charge in [0, 0.05) is 18.7 Å². The van der Waals surface area contributed by atoms with Gasteiger partial charge in [-0.1, -0.05) is 60.7 Å². The van der Waals surface area contributed by atoms with Gasteiger partial charge in [0.05, 0.1) is 12.0 Å². The number of amides is 1. The molecule has 0 spiro atoms. The van der Waals surface area contributed by atoms with E-state index >= 15 is 0 Å². The van der Waals surface area contributed by atoms with Crippen molar-refractivity contribution >= 4 is 11.7 Å². The number of likely N-dealkylation sites (tertiary alicyclic amines) is 1. The maximum Gasteiger partial charge on any atom is 0.230 e. The molecule has 3 rings (SSSR count). The predicted molar refractivity (Wildman–Crippen MR) is 90.2 cm³/mol. The van der Waals surface area contributed by atoms with E-state index in [1.165, 1.54) is 4.90 Å². The van der Waals surface area contributed by atoms with Crippen molar-refractivity contribution in [2.45, 2.75) is 18.2 Å². The molecule has 0 aliphatic carbocycles. The summed E-state index contributed by atoms with van der Waals surface area (Å²) in [4.78, 5) is 26.7. The van der Waals surface area contributed by atoms with Crippen LogP contribution >= 0.6 is 0 Å². The van der Waals surface area contributed by atoms with Gasteiger partial charge < -0.3 is 15.7 Å². The van der Waals surface area contributed by atoms with E-state index in [0.717, 1.165) is 0 Å². The summed E-state index contributed by atoms with van der Waals surface area (Å²) < 4.78 is 0. The van der Waals surface area contributed by atoms with E-state index in [1.807, 2.05) is 12.1 Å². The van der Waals surface area contributed by atoms with Crippen LogP contribution in [0.2, 0.25) is 0 Å². The summed E-state index contributed by atoms with van der Waals surface area (Å²) in [7, 11) is 1.56. The number of carbonyl (C=O) groups excluding carboxylic acids is 2. The molecule has 1 amide bonds. The number of nitrogens with zero attached hydrogens (tertiary/aromatic N) is 1. The normalized spacial score (nSPS) is 24.9. The summed E-state index contributed by atoms with van der Waals surface area (Å²) >= 11 is 0. The molecule has 0 saturated carbocycles. The van der Waals surface area contributed by atoms with E-state index < -0.39 is 24.1 Å². The number of carbonyl (C=O) groups is 2. The highest BCUT2D eigenvalue weighted by atomic mass is 16.3. The molecule has 5 heteroatoms. The Morgan fingerprint density at radius 1 is 1.08 bits per heavy atom. The molecule has 0 aromatic heterocycles. The van der Waals surface area contributed by atoms with Gasteiger partial charge in [-0.15, -0.1) is 0 Å². The highest BCUT2D eigenvalue weighted by molar-refractivity contribution is 6.04. The Morgan fingerprint density at radius 3 is 2.21 bits per heavy atom. The number of hydrogen-bond donors (Lipinski definition) is 2. The van der Waals surface area contributed by atoms with Gasteiger partial charge in [0.25, 0.3) is 0 Å². The zero-order chi connectivity index (χ0) is 17.3. The average molecular weight is 324 g/mol. The summed E-state index contributed by atoms with van der Waals surface area (Å²) in [5, 5.41) is 10.6. The summed E-state index contributed by atoms with van der Waals surface area (Å²) in [5.74, 6) is -1.36. The molecular weight excluding hydrogens is 304 g/mol. The molecule has 0 radical (unpaired) electrons. The fourth-order valence-corrected chi connectivity index (χ4v) is 3.32. The largest absolute Gasteiger partial charge is 0.388 e. The Labute approximate surface area is 140 Å².